The van der Waals surface area contributed by atoms with Gasteiger partial charge >= 0.3 is 0 Å². The monoisotopic (exact) mass is 309 g/mol. The Bertz CT molecular complexity index is 452. The van der Waals surface area contributed by atoms with E-state index in [4.69, 9.17) is 9.47 Å². The van der Waals surface area contributed by atoms with Crippen molar-refractivity contribution in [2.75, 3.05) is 20.5 Å². The summed E-state index contributed by atoms with van der Waals surface area (Å²) in [6.07, 6.45) is 7.20. The van der Waals surface area contributed by atoms with E-state index in [0.29, 0.717) is 12.1 Å². The van der Waals surface area contributed by atoms with Crippen molar-refractivity contribution < 1.29 is 9.47 Å². The van der Waals surface area contributed by atoms with Crippen molar-refractivity contribution in [2.24, 2.45) is 0 Å². The number of benzene rings is 1. The van der Waals surface area contributed by atoms with Crippen molar-refractivity contribution in [3.05, 3.63) is 23.8 Å². The third-order valence-electron chi connectivity index (χ3n) is 4.23. The summed E-state index contributed by atoms with van der Waals surface area (Å²) in [6.45, 7) is 2.27. The third kappa shape index (κ3) is 4.55. The van der Waals surface area contributed by atoms with Crippen molar-refractivity contribution in [1.29, 1.82) is 0 Å². The van der Waals surface area contributed by atoms with E-state index in [1.165, 1.54) is 24.8 Å². The van der Waals surface area contributed by atoms with Crippen molar-refractivity contribution in [3.8, 4) is 11.5 Å². The molecule has 0 amide bonds. The highest BCUT2D eigenvalue weighted by molar-refractivity contribution is 7.99. The maximum Gasteiger partial charge on any atom is 0.160 e. The molecule has 0 aliphatic heterocycles. The van der Waals surface area contributed by atoms with Gasteiger partial charge in [-0.05, 0) is 56.6 Å². The molecule has 0 bridgehead atoms. The van der Waals surface area contributed by atoms with Crippen LogP contribution in [0.3, 0.4) is 0 Å². The fraction of sp³-hybridized carbons (Fsp3) is 0.647. The SMILES string of the molecule is COc1ccc(CC(C)NC2CCC(SC)C2)cc1OC. The highest BCUT2D eigenvalue weighted by Gasteiger charge is 2.24. The average Bonchev–Trinajstić information content (AvgIpc) is 2.94. The van der Waals surface area contributed by atoms with Crippen LogP contribution in [-0.4, -0.2) is 37.8 Å². The summed E-state index contributed by atoms with van der Waals surface area (Å²) in [4.78, 5) is 0. The number of thioether (sulfide) groups is 1. The van der Waals surface area contributed by atoms with Gasteiger partial charge < -0.3 is 14.8 Å². The minimum absolute atomic E-state index is 0.480. The summed E-state index contributed by atoms with van der Waals surface area (Å²) in [5.74, 6) is 1.60. The molecule has 3 unspecified atom stereocenters. The lowest BCUT2D eigenvalue weighted by Gasteiger charge is -2.20. The Balaban J connectivity index is 1.89. The second-order valence-electron chi connectivity index (χ2n) is 5.83. The van der Waals surface area contributed by atoms with Crippen LogP contribution in [0.25, 0.3) is 0 Å². The first-order chi connectivity index (χ1) is 10.2. The molecule has 1 saturated carbocycles. The zero-order valence-corrected chi connectivity index (χ0v) is 14.3. The largest absolute Gasteiger partial charge is 0.493 e. The van der Waals surface area contributed by atoms with Crippen molar-refractivity contribution in [2.45, 2.75) is 49.9 Å². The fourth-order valence-corrected chi connectivity index (χ4v) is 3.92. The summed E-state index contributed by atoms with van der Waals surface area (Å²) < 4.78 is 10.7. The number of hydrogen-bond acceptors (Lipinski definition) is 4. The van der Waals surface area contributed by atoms with Crippen LogP contribution in [0.15, 0.2) is 18.2 Å². The number of methoxy groups -OCH3 is 2. The van der Waals surface area contributed by atoms with E-state index in [1.54, 1.807) is 14.2 Å². The second-order valence-corrected chi connectivity index (χ2v) is 6.97. The summed E-state index contributed by atoms with van der Waals surface area (Å²) in [6, 6.07) is 7.35. The van der Waals surface area contributed by atoms with Gasteiger partial charge in [0.25, 0.3) is 0 Å². The Morgan fingerprint density at radius 2 is 2.00 bits per heavy atom. The molecule has 118 valence electrons. The van der Waals surface area contributed by atoms with E-state index in [2.05, 4.69) is 30.6 Å². The Labute approximate surface area is 132 Å². The molecule has 4 heteroatoms. The van der Waals surface area contributed by atoms with Crippen LogP contribution < -0.4 is 14.8 Å². The van der Waals surface area contributed by atoms with E-state index >= 15 is 0 Å². The molecule has 0 saturated heterocycles. The maximum absolute atomic E-state index is 5.37. The number of ether oxygens (including phenoxy) is 2. The summed E-state index contributed by atoms with van der Waals surface area (Å²) in [5, 5.41) is 4.62. The molecule has 1 aromatic carbocycles. The molecule has 2 rings (SSSR count). The minimum atomic E-state index is 0.480. The van der Waals surface area contributed by atoms with E-state index in [-0.39, 0.29) is 0 Å². The third-order valence-corrected chi connectivity index (χ3v) is 5.32. The Kier molecular flexibility index (Phi) is 6.24. The van der Waals surface area contributed by atoms with E-state index < -0.39 is 0 Å². The second kappa shape index (κ2) is 7.95. The lowest BCUT2D eigenvalue weighted by molar-refractivity contribution is 0.354. The van der Waals surface area contributed by atoms with Crippen LogP contribution in [-0.2, 0) is 6.42 Å². The first kappa shape index (κ1) is 16.5. The van der Waals surface area contributed by atoms with Gasteiger partial charge in [-0.1, -0.05) is 6.07 Å². The van der Waals surface area contributed by atoms with Crippen molar-refractivity contribution in [3.63, 3.8) is 0 Å². The molecule has 1 fully saturated rings. The number of rotatable bonds is 7. The molecule has 1 aliphatic carbocycles. The fourth-order valence-electron chi connectivity index (χ4n) is 3.13. The zero-order chi connectivity index (χ0) is 15.2. The number of nitrogens with one attached hydrogen (secondary N) is 1. The Morgan fingerprint density at radius 3 is 2.62 bits per heavy atom. The molecule has 1 aromatic rings. The van der Waals surface area contributed by atoms with Gasteiger partial charge in [-0.15, -0.1) is 0 Å². The standard InChI is InChI=1S/C17H27NO2S/c1-12(18-14-6-7-15(11-14)21-4)9-13-5-8-16(19-2)17(10-13)20-3/h5,8,10,12,14-15,18H,6-7,9,11H2,1-4H3. The van der Waals surface area contributed by atoms with Crippen LogP contribution in [0, 0.1) is 0 Å². The summed E-state index contributed by atoms with van der Waals surface area (Å²) in [7, 11) is 3.36. The van der Waals surface area contributed by atoms with E-state index in [0.717, 1.165) is 23.2 Å². The van der Waals surface area contributed by atoms with Gasteiger partial charge in [0.2, 0.25) is 0 Å². The molecule has 21 heavy (non-hydrogen) atoms. The first-order valence-corrected chi connectivity index (χ1v) is 8.94. The van der Waals surface area contributed by atoms with Crippen molar-refractivity contribution >= 4 is 11.8 Å². The lowest BCUT2D eigenvalue weighted by Crippen LogP contribution is -2.36. The van der Waals surface area contributed by atoms with Crippen LogP contribution in [0.1, 0.15) is 31.7 Å². The molecule has 0 spiro atoms. The van der Waals surface area contributed by atoms with Gasteiger partial charge in [0.05, 0.1) is 14.2 Å². The van der Waals surface area contributed by atoms with Gasteiger partial charge in [-0.2, -0.15) is 11.8 Å². The predicted octanol–water partition coefficient (Wildman–Crippen LogP) is 3.51. The van der Waals surface area contributed by atoms with E-state index in [1.807, 2.05) is 17.8 Å². The van der Waals surface area contributed by atoms with Gasteiger partial charge in [0, 0.05) is 17.3 Å². The lowest BCUT2D eigenvalue weighted by atomic mass is 10.1. The highest BCUT2D eigenvalue weighted by Crippen LogP contribution is 2.30. The molecule has 3 nitrogen and oxygen atoms in total. The smallest absolute Gasteiger partial charge is 0.160 e. The molecular weight excluding hydrogens is 282 g/mol. The molecule has 1 N–H and O–H groups in total. The maximum atomic E-state index is 5.37. The van der Waals surface area contributed by atoms with Crippen LogP contribution in [0.5, 0.6) is 11.5 Å². The zero-order valence-electron chi connectivity index (χ0n) is 13.5. The Morgan fingerprint density at radius 1 is 1.24 bits per heavy atom. The van der Waals surface area contributed by atoms with Gasteiger partial charge in [-0.3, -0.25) is 0 Å². The Hall–Kier alpha value is -0.870. The summed E-state index contributed by atoms with van der Waals surface area (Å²) in [5.41, 5.74) is 1.28. The highest BCUT2D eigenvalue weighted by atomic mass is 32.2. The van der Waals surface area contributed by atoms with Gasteiger partial charge in [0.1, 0.15) is 0 Å². The average molecular weight is 309 g/mol. The molecule has 0 heterocycles. The normalized spacial score (nSPS) is 23.0. The minimum Gasteiger partial charge on any atom is -0.493 e. The van der Waals surface area contributed by atoms with Crippen LogP contribution in [0.2, 0.25) is 0 Å². The molecule has 0 aromatic heterocycles. The number of hydrogen-bond donors (Lipinski definition) is 1. The predicted molar refractivity (Wildman–Crippen MR) is 90.8 cm³/mol. The first-order valence-electron chi connectivity index (χ1n) is 7.66. The van der Waals surface area contributed by atoms with Gasteiger partial charge in [0.15, 0.2) is 11.5 Å². The molecule has 3 atom stereocenters. The summed E-state index contributed by atoms with van der Waals surface area (Å²) >= 11 is 2.01. The van der Waals surface area contributed by atoms with Crippen LogP contribution >= 0.6 is 11.8 Å². The molecule has 0 radical (unpaired) electrons. The van der Waals surface area contributed by atoms with E-state index in [9.17, 15) is 0 Å². The topological polar surface area (TPSA) is 30.5 Å². The molecular formula is C17H27NO2S. The molecule has 1 aliphatic rings. The quantitative estimate of drug-likeness (QED) is 0.835. The van der Waals surface area contributed by atoms with Crippen molar-refractivity contribution in [1.82, 2.24) is 5.32 Å². The van der Waals surface area contributed by atoms with Crippen LogP contribution in [0.4, 0.5) is 0 Å². The van der Waals surface area contributed by atoms with Gasteiger partial charge in [-0.25, -0.2) is 0 Å².